The summed E-state index contributed by atoms with van der Waals surface area (Å²) in [5.74, 6) is -0.915. The maximum atomic E-state index is 14.0. The van der Waals surface area contributed by atoms with Crippen molar-refractivity contribution in [2.75, 3.05) is 5.32 Å². The van der Waals surface area contributed by atoms with Crippen molar-refractivity contribution in [1.82, 2.24) is 9.78 Å². The Morgan fingerprint density at radius 1 is 0.929 bits per heavy atom. The molecule has 0 fully saturated rings. The summed E-state index contributed by atoms with van der Waals surface area (Å²) in [6, 6.07) is 25.1. The predicted octanol–water partition coefficient (Wildman–Crippen LogP) is 5.24. The number of rotatable bonds is 4. The highest BCUT2D eigenvalue weighted by atomic mass is 19.1. The van der Waals surface area contributed by atoms with E-state index in [4.69, 9.17) is 0 Å². The minimum absolute atomic E-state index is 0.130. The monoisotopic (exact) mass is 371 g/mol. The zero-order valence-corrected chi connectivity index (χ0v) is 15.3. The molecule has 5 heteroatoms. The van der Waals surface area contributed by atoms with E-state index in [2.05, 4.69) is 10.4 Å². The Labute approximate surface area is 162 Å². The average Bonchev–Trinajstić information content (AvgIpc) is 3.16. The maximum Gasteiger partial charge on any atom is 0.274 e. The van der Waals surface area contributed by atoms with Crippen LogP contribution in [0, 0.1) is 12.7 Å². The molecule has 0 saturated heterocycles. The summed E-state index contributed by atoms with van der Waals surface area (Å²) in [4.78, 5) is 13.0. The average molecular weight is 371 g/mol. The van der Waals surface area contributed by atoms with Crippen LogP contribution >= 0.6 is 0 Å². The van der Waals surface area contributed by atoms with Crippen LogP contribution in [0.15, 0.2) is 84.9 Å². The van der Waals surface area contributed by atoms with E-state index in [0.29, 0.717) is 11.4 Å². The Hall–Kier alpha value is -3.73. The highest BCUT2D eigenvalue weighted by Gasteiger charge is 2.19. The molecule has 0 spiro atoms. The number of nitrogens with one attached hydrogen (secondary N) is 1. The van der Waals surface area contributed by atoms with Crippen molar-refractivity contribution in [3.63, 3.8) is 0 Å². The second-order valence-corrected chi connectivity index (χ2v) is 6.47. The second-order valence-electron chi connectivity index (χ2n) is 6.47. The van der Waals surface area contributed by atoms with Gasteiger partial charge in [0, 0.05) is 5.56 Å². The molecule has 0 aliphatic rings. The summed E-state index contributed by atoms with van der Waals surface area (Å²) < 4.78 is 15.6. The van der Waals surface area contributed by atoms with Crippen molar-refractivity contribution in [2.45, 2.75) is 6.92 Å². The van der Waals surface area contributed by atoms with Crippen LogP contribution in [0.25, 0.3) is 16.9 Å². The van der Waals surface area contributed by atoms with E-state index in [1.807, 2.05) is 61.5 Å². The summed E-state index contributed by atoms with van der Waals surface area (Å²) >= 11 is 0. The first-order valence-electron chi connectivity index (χ1n) is 8.90. The molecular weight excluding hydrogens is 353 g/mol. The van der Waals surface area contributed by atoms with Gasteiger partial charge in [0.25, 0.3) is 5.91 Å². The van der Waals surface area contributed by atoms with Gasteiger partial charge in [-0.05, 0) is 42.8 Å². The number of hydrogen-bond donors (Lipinski definition) is 1. The first kappa shape index (κ1) is 17.7. The standard InChI is InChI=1S/C23H18FN3O/c1-16-8-7-11-18(14-16)27-22(15-21(26-27)17-9-3-2-4-10-17)23(28)25-20-13-6-5-12-19(20)24/h2-15H,1H3,(H,25,28). The molecule has 4 aromatic rings. The van der Waals surface area contributed by atoms with Gasteiger partial charge in [0.2, 0.25) is 0 Å². The zero-order valence-electron chi connectivity index (χ0n) is 15.3. The predicted molar refractivity (Wildman–Crippen MR) is 108 cm³/mol. The topological polar surface area (TPSA) is 46.9 Å². The molecule has 1 N–H and O–H groups in total. The van der Waals surface area contributed by atoms with Crippen LogP contribution in [0.5, 0.6) is 0 Å². The van der Waals surface area contributed by atoms with Crippen molar-refractivity contribution in [1.29, 1.82) is 0 Å². The lowest BCUT2D eigenvalue weighted by molar-refractivity contribution is 0.101. The Bertz CT molecular complexity index is 1140. The third-order valence-electron chi connectivity index (χ3n) is 4.38. The number of aromatic nitrogens is 2. The van der Waals surface area contributed by atoms with Crippen LogP contribution in [0.2, 0.25) is 0 Å². The van der Waals surface area contributed by atoms with E-state index in [0.717, 1.165) is 16.8 Å². The highest BCUT2D eigenvalue weighted by molar-refractivity contribution is 6.04. The number of anilines is 1. The van der Waals surface area contributed by atoms with Gasteiger partial charge in [-0.3, -0.25) is 4.79 Å². The van der Waals surface area contributed by atoms with Gasteiger partial charge < -0.3 is 5.32 Å². The second kappa shape index (κ2) is 7.48. The molecule has 138 valence electrons. The number of nitrogens with zero attached hydrogens (tertiary/aromatic N) is 2. The molecule has 4 rings (SSSR count). The molecule has 0 saturated carbocycles. The van der Waals surface area contributed by atoms with E-state index in [1.165, 1.54) is 12.1 Å². The molecule has 0 atom stereocenters. The minimum atomic E-state index is -0.485. The zero-order chi connectivity index (χ0) is 19.5. The van der Waals surface area contributed by atoms with Crippen LogP contribution < -0.4 is 5.32 Å². The van der Waals surface area contributed by atoms with Crippen molar-refractivity contribution in [2.24, 2.45) is 0 Å². The number of para-hydroxylation sites is 1. The third kappa shape index (κ3) is 3.55. The molecule has 1 aromatic heterocycles. The van der Waals surface area contributed by atoms with Crippen molar-refractivity contribution in [3.05, 3.63) is 102 Å². The van der Waals surface area contributed by atoms with Gasteiger partial charge in [0.1, 0.15) is 11.5 Å². The van der Waals surface area contributed by atoms with Crippen LogP contribution in [0.3, 0.4) is 0 Å². The van der Waals surface area contributed by atoms with Gasteiger partial charge in [-0.25, -0.2) is 9.07 Å². The lowest BCUT2D eigenvalue weighted by Gasteiger charge is -2.09. The minimum Gasteiger partial charge on any atom is -0.318 e. The number of carbonyl (C=O) groups is 1. The number of amides is 1. The molecule has 0 unspecified atom stereocenters. The first-order valence-corrected chi connectivity index (χ1v) is 8.90. The number of benzene rings is 3. The Morgan fingerprint density at radius 2 is 1.68 bits per heavy atom. The molecule has 3 aromatic carbocycles. The fourth-order valence-corrected chi connectivity index (χ4v) is 3.00. The summed E-state index contributed by atoms with van der Waals surface area (Å²) in [6.07, 6.45) is 0. The van der Waals surface area contributed by atoms with E-state index in [9.17, 15) is 9.18 Å². The summed E-state index contributed by atoms with van der Waals surface area (Å²) in [7, 11) is 0. The maximum absolute atomic E-state index is 14.0. The van der Waals surface area contributed by atoms with E-state index in [-0.39, 0.29) is 5.69 Å². The molecule has 28 heavy (non-hydrogen) atoms. The van der Waals surface area contributed by atoms with E-state index >= 15 is 0 Å². The van der Waals surface area contributed by atoms with E-state index < -0.39 is 11.7 Å². The number of aryl methyl sites for hydroxylation is 1. The lowest BCUT2D eigenvalue weighted by Crippen LogP contribution is -2.17. The highest BCUT2D eigenvalue weighted by Crippen LogP contribution is 2.23. The number of carbonyl (C=O) groups excluding carboxylic acids is 1. The van der Waals surface area contributed by atoms with Gasteiger partial charge in [-0.2, -0.15) is 5.10 Å². The SMILES string of the molecule is Cc1cccc(-n2nc(-c3ccccc3)cc2C(=O)Nc2ccccc2F)c1. The first-order chi connectivity index (χ1) is 13.6. The smallest absolute Gasteiger partial charge is 0.274 e. The van der Waals surface area contributed by atoms with Crippen molar-refractivity contribution >= 4 is 11.6 Å². The van der Waals surface area contributed by atoms with E-state index in [1.54, 1.807) is 22.9 Å². The van der Waals surface area contributed by atoms with Crippen LogP contribution in [-0.2, 0) is 0 Å². The quantitative estimate of drug-likeness (QED) is 0.533. The molecule has 0 bridgehead atoms. The molecule has 1 amide bonds. The normalized spacial score (nSPS) is 10.6. The Morgan fingerprint density at radius 3 is 2.43 bits per heavy atom. The molecular formula is C23H18FN3O. The number of halogens is 1. The molecule has 0 aliphatic heterocycles. The fraction of sp³-hybridized carbons (Fsp3) is 0.0435. The van der Waals surface area contributed by atoms with Crippen LogP contribution in [-0.4, -0.2) is 15.7 Å². The largest absolute Gasteiger partial charge is 0.318 e. The molecule has 1 heterocycles. The molecule has 0 radical (unpaired) electrons. The van der Waals surface area contributed by atoms with Crippen LogP contribution in [0.1, 0.15) is 16.1 Å². The Balaban J connectivity index is 1.79. The number of hydrogen-bond acceptors (Lipinski definition) is 2. The Kier molecular flexibility index (Phi) is 4.72. The van der Waals surface area contributed by atoms with Crippen molar-refractivity contribution < 1.29 is 9.18 Å². The van der Waals surface area contributed by atoms with Gasteiger partial charge in [0.15, 0.2) is 0 Å². The summed E-state index contributed by atoms with van der Waals surface area (Å²) in [5, 5.41) is 7.28. The van der Waals surface area contributed by atoms with Crippen LogP contribution in [0.4, 0.5) is 10.1 Å². The lowest BCUT2D eigenvalue weighted by atomic mass is 10.1. The summed E-state index contributed by atoms with van der Waals surface area (Å²) in [6.45, 7) is 1.98. The molecule has 0 aliphatic carbocycles. The van der Waals surface area contributed by atoms with Crippen molar-refractivity contribution in [3.8, 4) is 16.9 Å². The fourth-order valence-electron chi connectivity index (χ4n) is 3.00. The van der Waals surface area contributed by atoms with Gasteiger partial charge >= 0.3 is 0 Å². The van der Waals surface area contributed by atoms with Gasteiger partial charge in [0.05, 0.1) is 17.1 Å². The third-order valence-corrected chi connectivity index (χ3v) is 4.38. The van der Waals surface area contributed by atoms with Gasteiger partial charge in [-0.15, -0.1) is 0 Å². The van der Waals surface area contributed by atoms with Gasteiger partial charge in [-0.1, -0.05) is 54.6 Å². The molecule has 4 nitrogen and oxygen atoms in total. The summed E-state index contributed by atoms with van der Waals surface area (Å²) in [5.41, 5.74) is 3.84.